The molecule has 1 aromatic rings. The molecular weight excluding hydrogens is 173 g/mol. The molecule has 0 bridgehead atoms. The van der Waals surface area contributed by atoms with Gasteiger partial charge in [0.05, 0.1) is 0 Å². The van der Waals surface area contributed by atoms with Crippen LogP contribution in [0.1, 0.15) is 24.5 Å². The van der Waals surface area contributed by atoms with Crippen molar-refractivity contribution in [3.05, 3.63) is 23.7 Å². The summed E-state index contributed by atoms with van der Waals surface area (Å²) in [6.45, 7) is 1.33. The van der Waals surface area contributed by atoms with Crippen LogP contribution in [0.2, 0.25) is 0 Å². The van der Waals surface area contributed by atoms with Gasteiger partial charge in [0.1, 0.15) is 11.9 Å². The lowest BCUT2D eigenvalue weighted by Gasteiger charge is -2.01. The Hall–Kier alpha value is -0.970. The lowest BCUT2D eigenvalue weighted by Crippen LogP contribution is -2.02. The van der Waals surface area contributed by atoms with Gasteiger partial charge in [-0.15, -0.1) is 0 Å². The van der Waals surface area contributed by atoms with Crippen molar-refractivity contribution >= 4 is 0 Å². The molecule has 0 unspecified atom stereocenters. The molecule has 0 aliphatic rings. The van der Waals surface area contributed by atoms with Crippen LogP contribution in [-0.2, 0) is 6.18 Å². The van der Waals surface area contributed by atoms with Crippen molar-refractivity contribution in [3.8, 4) is 0 Å². The number of furan rings is 1. The molecule has 0 aliphatic carbocycles. The van der Waals surface area contributed by atoms with Crippen LogP contribution >= 0.6 is 0 Å². The predicted octanol–water partition coefficient (Wildman–Crippen LogP) is 2.35. The average Bonchev–Trinajstić information content (AvgIpc) is 2.30. The van der Waals surface area contributed by atoms with E-state index in [-0.39, 0.29) is 5.76 Å². The SMILES string of the molecule is C[C@H](O)c1ccc(C(F)(F)F)o1. The molecule has 5 heteroatoms. The number of rotatable bonds is 1. The summed E-state index contributed by atoms with van der Waals surface area (Å²) < 4.78 is 40.0. The molecule has 1 rings (SSSR count). The Morgan fingerprint density at radius 2 is 2.00 bits per heavy atom. The van der Waals surface area contributed by atoms with Crippen LogP contribution in [0.3, 0.4) is 0 Å². The summed E-state index contributed by atoms with van der Waals surface area (Å²) in [6, 6.07) is 1.90. The third kappa shape index (κ3) is 1.79. The van der Waals surface area contributed by atoms with Crippen LogP contribution < -0.4 is 0 Å². The van der Waals surface area contributed by atoms with E-state index in [4.69, 9.17) is 5.11 Å². The van der Waals surface area contributed by atoms with Crippen LogP contribution in [0.4, 0.5) is 13.2 Å². The molecule has 12 heavy (non-hydrogen) atoms. The number of hydrogen-bond donors (Lipinski definition) is 1. The summed E-state index contributed by atoms with van der Waals surface area (Å²) in [5.74, 6) is -1.17. The van der Waals surface area contributed by atoms with Crippen LogP contribution in [0.25, 0.3) is 0 Å². The van der Waals surface area contributed by atoms with E-state index in [1.54, 1.807) is 0 Å². The fraction of sp³-hybridized carbons (Fsp3) is 0.429. The molecule has 1 aromatic heterocycles. The first kappa shape index (κ1) is 9.12. The summed E-state index contributed by atoms with van der Waals surface area (Å²) in [5, 5.41) is 8.84. The number of halogens is 3. The maximum atomic E-state index is 11.9. The first-order valence-corrected chi connectivity index (χ1v) is 3.26. The number of alkyl halides is 3. The molecular formula is C7H7F3O2. The second kappa shape index (κ2) is 2.82. The van der Waals surface area contributed by atoms with Crippen LogP contribution in [-0.4, -0.2) is 5.11 Å². The van der Waals surface area contributed by atoms with E-state index in [9.17, 15) is 13.2 Å². The zero-order chi connectivity index (χ0) is 9.35. The van der Waals surface area contributed by atoms with Gasteiger partial charge in [0.25, 0.3) is 0 Å². The number of aliphatic hydroxyl groups is 1. The van der Waals surface area contributed by atoms with Crippen LogP contribution in [0.15, 0.2) is 16.5 Å². The van der Waals surface area contributed by atoms with Gasteiger partial charge in [-0.2, -0.15) is 13.2 Å². The van der Waals surface area contributed by atoms with E-state index in [0.717, 1.165) is 12.1 Å². The van der Waals surface area contributed by atoms with Crippen molar-refractivity contribution in [3.63, 3.8) is 0 Å². The third-order valence-corrected chi connectivity index (χ3v) is 1.32. The Labute approximate surface area is 66.6 Å². The van der Waals surface area contributed by atoms with Crippen molar-refractivity contribution in [1.82, 2.24) is 0 Å². The largest absolute Gasteiger partial charge is 0.454 e. The maximum absolute atomic E-state index is 11.9. The summed E-state index contributed by atoms with van der Waals surface area (Å²) in [5.41, 5.74) is 0. The minimum absolute atomic E-state index is 0.0812. The van der Waals surface area contributed by atoms with Gasteiger partial charge in [-0.05, 0) is 19.1 Å². The quantitative estimate of drug-likeness (QED) is 0.719. The van der Waals surface area contributed by atoms with Crippen molar-refractivity contribution in [2.45, 2.75) is 19.2 Å². The lowest BCUT2D eigenvalue weighted by molar-refractivity contribution is -0.153. The lowest BCUT2D eigenvalue weighted by atomic mass is 10.3. The Morgan fingerprint density at radius 3 is 2.25 bits per heavy atom. The minimum atomic E-state index is -4.48. The topological polar surface area (TPSA) is 33.4 Å². The highest BCUT2D eigenvalue weighted by molar-refractivity contribution is 5.11. The molecule has 0 amide bonds. The van der Waals surface area contributed by atoms with Crippen LogP contribution in [0, 0.1) is 0 Å². The van der Waals surface area contributed by atoms with E-state index in [1.807, 2.05) is 0 Å². The highest BCUT2D eigenvalue weighted by atomic mass is 19.4. The maximum Gasteiger partial charge on any atom is 0.449 e. The Balaban J connectivity index is 2.92. The molecule has 0 saturated heterocycles. The first-order valence-electron chi connectivity index (χ1n) is 3.26. The molecule has 0 spiro atoms. The Morgan fingerprint density at radius 1 is 1.42 bits per heavy atom. The van der Waals surface area contributed by atoms with Gasteiger partial charge >= 0.3 is 6.18 Å². The molecule has 1 heterocycles. The van der Waals surface area contributed by atoms with Crippen molar-refractivity contribution in [2.24, 2.45) is 0 Å². The van der Waals surface area contributed by atoms with Crippen molar-refractivity contribution in [2.75, 3.05) is 0 Å². The zero-order valence-corrected chi connectivity index (χ0v) is 6.22. The summed E-state index contributed by atoms with van der Waals surface area (Å²) in [7, 11) is 0. The molecule has 1 atom stereocenters. The molecule has 2 nitrogen and oxygen atoms in total. The van der Waals surface area contributed by atoms with E-state index in [2.05, 4.69) is 4.42 Å². The fourth-order valence-electron chi connectivity index (χ4n) is 0.730. The average molecular weight is 180 g/mol. The molecule has 0 saturated carbocycles. The van der Waals surface area contributed by atoms with Gasteiger partial charge in [0.2, 0.25) is 5.76 Å². The standard InChI is InChI=1S/C7H7F3O2/c1-4(11)5-2-3-6(12-5)7(8,9)10/h2-4,11H,1H3/t4-/m0/s1. The summed E-state index contributed by atoms with van der Waals surface area (Å²) in [6.07, 6.45) is -5.49. The fourth-order valence-corrected chi connectivity index (χ4v) is 0.730. The highest BCUT2D eigenvalue weighted by Gasteiger charge is 2.34. The van der Waals surface area contributed by atoms with Crippen molar-refractivity contribution in [1.29, 1.82) is 0 Å². The van der Waals surface area contributed by atoms with E-state index in [1.165, 1.54) is 6.92 Å². The highest BCUT2D eigenvalue weighted by Crippen LogP contribution is 2.31. The van der Waals surface area contributed by atoms with Gasteiger partial charge in [-0.25, -0.2) is 0 Å². The normalized spacial score (nSPS) is 14.8. The molecule has 0 aromatic carbocycles. The predicted molar refractivity (Wildman–Crippen MR) is 34.3 cm³/mol. The third-order valence-electron chi connectivity index (χ3n) is 1.32. The smallest absolute Gasteiger partial charge is 0.449 e. The van der Waals surface area contributed by atoms with E-state index >= 15 is 0 Å². The Kier molecular flexibility index (Phi) is 2.14. The van der Waals surface area contributed by atoms with Gasteiger partial charge in [0.15, 0.2) is 0 Å². The molecule has 1 N–H and O–H groups in total. The van der Waals surface area contributed by atoms with Gasteiger partial charge in [-0.1, -0.05) is 0 Å². The van der Waals surface area contributed by atoms with Gasteiger partial charge in [0, 0.05) is 0 Å². The molecule has 0 aliphatic heterocycles. The second-order valence-electron chi connectivity index (χ2n) is 2.38. The van der Waals surface area contributed by atoms with E-state index < -0.39 is 18.0 Å². The molecule has 0 radical (unpaired) electrons. The number of hydrogen-bond acceptors (Lipinski definition) is 2. The minimum Gasteiger partial charge on any atom is -0.454 e. The van der Waals surface area contributed by atoms with Gasteiger partial charge in [-0.3, -0.25) is 0 Å². The van der Waals surface area contributed by atoms with Gasteiger partial charge < -0.3 is 9.52 Å². The summed E-state index contributed by atoms with van der Waals surface area (Å²) in [4.78, 5) is 0. The second-order valence-corrected chi connectivity index (χ2v) is 2.38. The number of aliphatic hydroxyl groups excluding tert-OH is 1. The van der Waals surface area contributed by atoms with E-state index in [0.29, 0.717) is 0 Å². The monoisotopic (exact) mass is 180 g/mol. The van der Waals surface area contributed by atoms with Crippen LogP contribution in [0.5, 0.6) is 0 Å². The molecule has 0 fully saturated rings. The zero-order valence-electron chi connectivity index (χ0n) is 6.22. The van der Waals surface area contributed by atoms with Crippen molar-refractivity contribution < 1.29 is 22.7 Å². The Bertz CT molecular complexity index is 262. The first-order chi connectivity index (χ1) is 5.41. The molecule has 68 valence electrons. The summed E-state index contributed by atoms with van der Waals surface area (Å²) >= 11 is 0.